The minimum atomic E-state index is 0. The molecular weight excluding hydrogens is 405 g/mol. The highest BCUT2D eigenvalue weighted by Crippen LogP contribution is 2.26. The summed E-state index contributed by atoms with van der Waals surface area (Å²) in [4.78, 5) is 12.1. The van der Waals surface area contributed by atoms with E-state index in [4.69, 9.17) is 11.6 Å². The summed E-state index contributed by atoms with van der Waals surface area (Å²) in [6, 6.07) is 15.7. The van der Waals surface area contributed by atoms with Gasteiger partial charge in [-0.05, 0) is 55.6 Å². The predicted molar refractivity (Wildman–Crippen MR) is 119 cm³/mol. The molecular formula is C20H26Cl3N3O. The second-order valence-electron chi connectivity index (χ2n) is 6.48. The zero-order valence-electron chi connectivity index (χ0n) is 15.0. The Bertz CT molecular complexity index is 707. The van der Waals surface area contributed by atoms with E-state index in [-0.39, 0.29) is 30.7 Å². The Morgan fingerprint density at radius 2 is 1.93 bits per heavy atom. The minimum absolute atomic E-state index is 0. The number of hydrogen-bond donors (Lipinski definition) is 3. The van der Waals surface area contributed by atoms with Crippen LogP contribution >= 0.6 is 36.4 Å². The zero-order chi connectivity index (χ0) is 17.5. The third kappa shape index (κ3) is 7.59. The molecule has 2 aromatic carbocycles. The molecule has 27 heavy (non-hydrogen) atoms. The van der Waals surface area contributed by atoms with Gasteiger partial charge in [-0.1, -0.05) is 41.9 Å². The number of anilines is 2. The van der Waals surface area contributed by atoms with Crippen LogP contribution in [-0.4, -0.2) is 19.0 Å². The molecule has 0 saturated carbocycles. The minimum Gasteiger partial charge on any atom is -0.380 e. The molecule has 0 spiro atoms. The van der Waals surface area contributed by atoms with Crippen LogP contribution in [0.5, 0.6) is 0 Å². The Balaban J connectivity index is 0.00000182. The maximum Gasteiger partial charge on any atom is 0.224 e. The molecule has 0 aliphatic carbocycles. The lowest BCUT2D eigenvalue weighted by atomic mass is 10.0. The van der Waals surface area contributed by atoms with Crippen LogP contribution in [0.25, 0.3) is 0 Å². The Hall–Kier alpha value is -1.46. The molecule has 7 heteroatoms. The van der Waals surface area contributed by atoms with Gasteiger partial charge in [0.15, 0.2) is 0 Å². The van der Waals surface area contributed by atoms with Crippen LogP contribution in [0, 0.1) is 5.92 Å². The third-order valence-corrected chi connectivity index (χ3v) is 4.83. The van der Waals surface area contributed by atoms with E-state index < -0.39 is 0 Å². The monoisotopic (exact) mass is 429 g/mol. The number of halogens is 3. The number of rotatable bonds is 7. The highest BCUT2D eigenvalue weighted by Gasteiger charge is 2.15. The lowest BCUT2D eigenvalue weighted by Crippen LogP contribution is -2.15. The number of carbonyl (C=O) groups excluding carboxylic acids is 1. The second-order valence-corrected chi connectivity index (χ2v) is 6.89. The van der Waals surface area contributed by atoms with E-state index in [2.05, 4.69) is 28.1 Å². The van der Waals surface area contributed by atoms with Crippen molar-refractivity contribution < 1.29 is 4.79 Å². The van der Waals surface area contributed by atoms with Crippen LogP contribution in [0.15, 0.2) is 48.5 Å². The largest absolute Gasteiger partial charge is 0.380 e. The van der Waals surface area contributed by atoms with E-state index in [9.17, 15) is 4.79 Å². The van der Waals surface area contributed by atoms with Crippen molar-refractivity contribution in [1.82, 2.24) is 5.32 Å². The van der Waals surface area contributed by atoms with Crippen molar-refractivity contribution >= 4 is 53.7 Å². The Morgan fingerprint density at radius 3 is 2.59 bits per heavy atom. The van der Waals surface area contributed by atoms with Crippen LogP contribution in [0.2, 0.25) is 5.02 Å². The highest BCUT2D eigenvalue weighted by molar-refractivity contribution is 6.33. The molecule has 0 aromatic heterocycles. The van der Waals surface area contributed by atoms with Gasteiger partial charge in [-0.2, -0.15) is 0 Å². The van der Waals surface area contributed by atoms with Crippen molar-refractivity contribution in [3.63, 3.8) is 0 Å². The predicted octanol–water partition coefficient (Wildman–Crippen LogP) is 5.12. The van der Waals surface area contributed by atoms with Crippen molar-refractivity contribution in [3.8, 4) is 0 Å². The van der Waals surface area contributed by atoms with Gasteiger partial charge >= 0.3 is 0 Å². The van der Waals surface area contributed by atoms with Crippen LogP contribution < -0.4 is 16.0 Å². The standard InChI is InChI=1S/C20H24ClN3O.2ClH/c21-18-12-17(24-20(25)9-6-16-10-11-22-13-16)7-8-19(18)23-14-15-4-2-1-3-5-15;;/h1-5,7-8,12,16,22-23H,6,9-11,13-14H2,(H,24,25);2*1H. The highest BCUT2D eigenvalue weighted by atomic mass is 35.5. The quantitative estimate of drug-likeness (QED) is 0.571. The van der Waals surface area contributed by atoms with E-state index in [1.807, 2.05) is 30.3 Å². The van der Waals surface area contributed by atoms with Crippen LogP contribution in [0.1, 0.15) is 24.8 Å². The molecule has 0 bridgehead atoms. The Morgan fingerprint density at radius 1 is 1.15 bits per heavy atom. The fourth-order valence-electron chi connectivity index (χ4n) is 3.05. The fourth-order valence-corrected chi connectivity index (χ4v) is 3.30. The van der Waals surface area contributed by atoms with Crippen molar-refractivity contribution in [1.29, 1.82) is 0 Å². The van der Waals surface area contributed by atoms with Crippen LogP contribution in [-0.2, 0) is 11.3 Å². The maximum atomic E-state index is 12.1. The molecule has 1 atom stereocenters. The van der Waals surface area contributed by atoms with Crippen molar-refractivity contribution in [3.05, 3.63) is 59.1 Å². The van der Waals surface area contributed by atoms with E-state index >= 15 is 0 Å². The maximum absolute atomic E-state index is 12.1. The molecule has 1 unspecified atom stereocenters. The molecule has 1 amide bonds. The van der Waals surface area contributed by atoms with Crippen molar-refractivity contribution in [2.75, 3.05) is 23.7 Å². The molecule has 4 nitrogen and oxygen atoms in total. The van der Waals surface area contributed by atoms with Crippen LogP contribution in [0.4, 0.5) is 11.4 Å². The number of carbonyl (C=O) groups is 1. The topological polar surface area (TPSA) is 53.2 Å². The normalized spacial score (nSPS) is 15.4. The van der Waals surface area contributed by atoms with E-state index in [0.29, 0.717) is 23.9 Å². The average Bonchev–Trinajstić information content (AvgIpc) is 3.14. The summed E-state index contributed by atoms with van der Waals surface area (Å²) < 4.78 is 0. The molecule has 148 valence electrons. The van der Waals surface area contributed by atoms with Gasteiger partial charge in [-0.15, -0.1) is 24.8 Å². The lowest BCUT2D eigenvalue weighted by Gasteiger charge is -2.12. The number of hydrogen-bond acceptors (Lipinski definition) is 3. The molecule has 1 fully saturated rings. The molecule has 2 aromatic rings. The summed E-state index contributed by atoms with van der Waals surface area (Å²) in [5.74, 6) is 0.673. The summed E-state index contributed by atoms with van der Waals surface area (Å²) in [5, 5.41) is 10.2. The first-order valence-corrected chi connectivity index (χ1v) is 9.16. The van der Waals surface area contributed by atoms with Gasteiger partial charge in [-0.25, -0.2) is 0 Å². The Kier molecular flexibility index (Phi) is 10.6. The SMILES string of the molecule is Cl.Cl.O=C(CCC1CCNC1)Nc1ccc(NCc2ccccc2)c(Cl)c1. The van der Waals surface area contributed by atoms with Gasteiger partial charge < -0.3 is 16.0 Å². The molecule has 1 heterocycles. The lowest BCUT2D eigenvalue weighted by molar-refractivity contribution is -0.116. The first-order chi connectivity index (χ1) is 12.2. The summed E-state index contributed by atoms with van der Waals surface area (Å²) >= 11 is 6.34. The molecule has 1 aliphatic rings. The van der Waals surface area contributed by atoms with Gasteiger partial charge in [0.1, 0.15) is 0 Å². The smallest absolute Gasteiger partial charge is 0.224 e. The van der Waals surface area contributed by atoms with Gasteiger partial charge in [0.25, 0.3) is 0 Å². The summed E-state index contributed by atoms with van der Waals surface area (Å²) in [7, 11) is 0. The third-order valence-electron chi connectivity index (χ3n) is 4.52. The molecule has 1 saturated heterocycles. The zero-order valence-corrected chi connectivity index (χ0v) is 17.4. The van der Waals surface area contributed by atoms with Crippen LogP contribution in [0.3, 0.4) is 0 Å². The molecule has 1 aliphatic heterocycles. The first kappa shape index (κ1) is 23.6. The summed E-state index contributed by atoms with van der Waals surface area (Å²) in [6.45, 7) is 2.81. The van der Waals surface area contributed by atoms with Gasteiger partial charge in [0, 0.05) is 18.7 Å². The van der Waals surface area contributed by atoms with Gasteiger partial charge in [-0.3, -0.25) is 4.79 Å². The molecule has 0 radical (unpaired) electrons. The summed E-state index contributed by atoms with van der Waals surface area (Å²) in [6.07, 6.45) is 2.65. The number of nitrogens with one attached hydrogen (secondary N) is 3. The first-order valence-electron chi connectivity index (χ1n) is 8.78. The average molecular weight is 431 g/mol. The second kappa shape index (κ2) is 12.1. The fraction of sp³-hybridized carbons (Fsp3) is 0.350. The van der Waals surface area contributed by atoms with Crippen molar-refractivity contribution in [2.45, 2.75) is 25.8 Å². The Labute approximate surface area is 178 Å². The van der Waals surface area contributed by atoms with Crippen molar-refractivity contribution in [2.24, 2.45) is 5.92 Å². The van der Waals surface area contributed by atoms with E-state index in [0.717, 1.165) is 30.9 Å². The molecule has 3 N–H and O–H groups in total. The van der Waals surface area contributed by atoms with E-state index in [1.54, 1.807) is 6.07 Å². The number of amides is 1. The molecule has 3 rings (SSSR count). The summed E-state index contributed by atoms with van der Waals surface area (Å²) in [5.41, 5.74) is 2.79. The van der Waals surface area contributed by atoms with Gasteiger partial charge in [0.2, 0.25) is 5.91 Å². The van der Waals surface area contributed by atoms with Gasteiger partial charge in [0.05, 0.1) is 10.7 Å². The number of benzene rings is 2. The van der Waals surface area contributed by atoms with E-state index in [1.165, 1.54) is 12.0 Å².